The topological polar surface area (TPSA) is 55.9 Å². The molecule has 1 aliphatic heterocycles. The van der Waals surface area contributed by atoms with Gasteiger partial charge >= 0.3 is 12.2 Å². The Hall–Kier alpha value is -3.85. The lowest BCUT2D eigenvalue weighted by molar-refractivity contribution is -0.137. The third-order valence-electron chi connectivity index (χ3n) is 9.71. The monoisotopic (exact) mass is 634 g/mol. The number of carbonyl (C=O) groups excluding carboxylic acids is 2. The van der Waals surface area contributed by atoms with E-state index in [0.29, 0.717) is 12.5 Å². The minimum atomic E-state index is -4.50. The summed E-state index contributed by atoms with van der Waals surface area (Å²) in [6, 6.07) is 25.1. The van der Waals surface area contributed by atoms with Crippen molar-refractivity contribution in [3.05, 3.63) is 107 Å². The summed E-state index contributed by atoms with van der Waals surface area (Å²) in [5, 5.41) is 3.11. The van der Waals surface area contributed by atoms with E-state index in [-0.39, 0.29) is 35.5 Å². The number of carbonyl (C=O) groups is 2. The molecule has 1 aliphatic carbocycles. The summed E-state index contributed by atoms with van der Waals surface area (Å²) in [5.41, 5.74) is 1.55. The van der Waals surface area contributed by atoms with Crippen LogP contribution in [0.4, 0.5) is 18.0 Å². The summed E-state index contributed by atoms with van der Waals surface area (Å²) in [4.78, 5) is 32.7. The van der Waals surface area contributed by atoms with Crippen LogP contribution in [0.3, 0.4) is 0 Å². The molecule has 1 saturated heterocycles. The van der Waals surface area contributed by atoms with E-state index in [1.54, 1.807) is 11.9 Å². The zero-order valence-electron chi connectivity index (χ0n) is 26.8. The highest BCUT2D eigenvalue weighted by atomic mass is 19.4. The quantitative estimate of drug-likeness (QED) is 0.253. The SMILES string of the molecule is CCCN(C(=O)NCc1ccccc1)C1CCN(CC2CC(N(C)C(=O)c3cccc(C(F)(F)F)c3)CC2c2ccccc2)CC1. The average Bonchev–Trinajstić information content (AvgIpc) is 3.50. The molecule has 0 bridgehead atoms. The second-order valence-corrected chi connectivity index (χ2v) is 12.8. The highest BCUT2D eigenvalue weighted by Gasteiger charge is 2.40. The van der Waals surface area contributed by atoms with E-state index in [0.717, 1.165) is 76.0 Å². The third-order valence-corrected chi connectivity index (χ3v) is 9.71. The second-order valence-electron chi connectivity index (χ2n) is 12.8. The normalized spacial score (nSPS) is 20.8. The summed E-state index contributed by atoms with van der Waals surface area (Å²) in [5.74, 6) is 0.147. The lowest BCUT2D eigenvalue weighted by Crippen LogP contribution is -2.51. The molecule has 6 nitrogen and oxygen atoms in total. The Morgan fingerprint density at radius 2 is 1.57 bits per heavy atom. The Balaban J connectivity index is 1.22. The van der Waals surface area contributed by atoms with Gasteiger partial charge in [0.15, 0.2) is 0 Å². The fourth-order valence-electron chi connectivity index (χ4n) is 7.23. The lowest BCUT2D eigenvalue weighted by Gasteiger charge is -2.39. The molecule has 0 aromatic heterocycles. The van der Waals surface area contributed by atoms with Crippen LogP contribution in [0.15, 0.2) is 84.9 Å². The molecule has 1 N–H and O–H groups in total. The van der Waals surface area contributed by atoms with Gasteiger partial charge in [0.25, 0.3) is 5.91 Å². The Labute approximate surface area is 270 Å². The number of hydrogen-bond acceptors (Lipinski definition) is 3. The molecule has 9 heteroatoms. The molecule has 246 valence electrons. The highest BCUT2D eigenvalue weighted by Crippen LogP contribution is 2.43. The van der Waals surface area contributed by atoms with E-state index in [1.807, 2.05) is 53.4 Å². The summed E-state index contributed by atoms with van der Waals surface area (Å²) in [7, 11) is 1.72. The fraction of sp³-hybridized carbons (Fsp3) is 0.459. The van der Waals surface area contributed by atoms with Crippen LogP contribution in [-0.2, 0) is 12.7 Å². The molecule has 46 heavy (non-hydrogen) atoms. The smallest absolute Gasteiger partial charge is 0.339 e. The maximum Gasteiger partial charge on any atom is 0.416 e. The third kappa shape index (κ3) is 8.29. The largest absolute Gasteiger partial charge is 0.416 e. The van der Waals surface area contributed by atoms with E-state index in [2.05, 4.69) is 29.3 Å². The van der Waals surface area contributed by atoms with Crippen LogP contribution in [0.5, 0.6) is 0 Å². The predicted molar refractivity (Wildman–Crippen MR) is 174 cm³/mol. The van der Waals surface area contributed by atoms with Gasteiger partial charge in [0.05, 0.1) is 5.56 Å². The number of likely N-dealkylation sites (tertiary alicyclic amines) is 1. The van der Waals surface area contributed by atoms with Gasteiger partial charge < -0.3 is 20.0 Å². The Morgan fingerprint density at radius 3 is 2.22 bits per heavy atom. The molecule has 0 spiro atoms. The minimum Gasteiger partial charge on any atom is -0.339 e. The van der Waals surface area contributed by atoms with Crippen molar-refractivity contribution in [1.82, 2.24) is 20.0 Å². The first-order valence-electron chi connectivity index (χ1n) is 16.4. The van der Waals surface area contributed by atoms with Crippen molar-refractivity contribution in [2.24, 2.45) is 5.92 Å². The maximum atomic E-state index is 13.4. The van der Waals surface area contributed by atoms with Gasteiger partial charge in [0, 0.05) is 57.4 Å². The van der Waals surface area contributed by atoms with Crippen LogP contribution < -0.4 is 5.32 Å². The molecule has 1 heterocycles. The predicted octanol–water partition coefficient (Wildman–Crippen LogP) is 7.43. The number of amides is 3. The number of alkyl halides is 3. The van der Waals surface area contributed by atoms with Crippen molar-refractivity contribution >= 4 is 11.9 Å². The van der Waals surface area contributed by atoms with Crippen LogP contribution in [0.1, 0.15) is 72.0 Å². The molecule has 5 rings (SSSR count). The van der Waals surface area contributed by atoms with Crippen LogP contribution in [0.2, 0.25) is 0 Å². The van der Waals surface area contributed by atoms with Crippen molar-refractivity contribution in [2.75, 3.05) is 33.2 Å². The van der Waals surface area contributed by atoms with Crippen LogP contribution in [0.25, 0.3) is 0 Å². The van der Waals surface area contributed by atoms with E-state index in [9.17, 15) is 22.8 Å². The van der Waals surface area contributed by atoms with Gasteiger partial charge in [-0.25, -0.2) is 4.79 Å². The van der Waals surface area contributed by atoms with Crippen LogP contribution >= 0.6 is 0 Å². The molecule has 3 aromatic rings. The van der Waals surface area contributed by atoms with Gasteiger partial charge in [-0.3, -0.25) is 4.79 Å². The first-order chi connectivity index (χ1) is 22.1. The van der Waals surface area contributed by atoms with E-state index < -0.39 is 11.7 Å². The zero-order valence-corrected chi connectivity index (χ0v) is 26.8. The summed E-state index contributed by atoms with van der Waals surface area (Å²) in [6.07, 6.45) is -0.257. The molecule has 3 aromatic carbocycles. The van der Waals surface area contributed by atoms with Crippen molar-refractivity contribution in [3.8, 4) is 0 Å². The number of piperidine rings is 1. The Bertz CT molecular complexity index is 1430. The Morgan fingerprint density at radius 1 is 0.891 bits per heavy atom. The van der Waals surface area contributed by atoms with Gasteiger partial charge in [-0.1, -0.05) is 73.7 Å². The number of halogens is 3. The van der Waals surface area contributed by atoms with Gasteiger partial charge in [-0.2, -0.15) is 13.2 Å². The van der Waals surface area contributed by atoms with Crippen LogP contribution in [-0.4, -0.2) is 71.9 Å². The zero-order chi connectivity index (χ0) is 32.7. The molecular weight excluding hydrogens is 589 g/mol. The summed E-state index contributed by atoms with van der Waals surface area (Å²) in [6.45, 7) is 5.98. The molecule has 3 amide bonds. The lowest BCUT2D eigenvalue weighted by atomic mass is 9.88. The van der Waals surface area contributed by atoms with Crippen LogP contribution in [0, 0.1) is 5.92 Å². The number of hydrogen-bond donors (Lipinski definition) is 1. The van der Waals surface area contributed by atoms with Gasteiger partial charge in [0.2, 0.25) is 0 Å². The van der Waals surface area contributed by atoms with Gasteiger partial charge in [0.1, 0.15) is 0 Å². The minimum absolute atomic E-state index is 0.0135. The van der Waals surface area contributed by atoms with Crippen molar-refractivity contribution in [1.29, 1.82) is 0 Å². The highest BCUT2D eigenvalue weighted by molar-refractivity contribution is 5.94. The summed E-state index contributed by atoms with van der Waals surface area (Å²) >= 11 is 0. The molecule has 0 radical (unpaired) electrons. The Kier molecular flexibility index (Phi) is 11.0. The van der Waals surface area contributed by atoms with E-state index in [4.69, 9.17) is 0 Å². The molecular formula is C37H45F3N4O2. The fourth-order valence-corrected chi connectivity index (χ4v) is 7.23. The number of rotatable bonds is 10. The van der Waals surface area contributed by atoms with Crippen molar-refractivity contribution in [3.63, 3.8) is 0 Å². The van der Waals surface area contributed by atoms with E-state index >= 15 is 0 Å². The average molecular weight is 635 g/mol. The molecule has 1 saturated carbocycles. The van der Waals surface area contributed by atoms with Crippen molar-refractivity contribution < 1.29 is 22.8 Å². The maximum absolute atomic E-state index is 13.4. The molecule has 3 atom stereocenters. The number of benzene rings is 3. The summed E-state index contributed by atoms with van der Waals surface area (Å²) < 4.78 is 40.0. The number of nitrogens with one attached hydrogen (secondary N) is 1. The number of nitrogens with zero attached hydrogens (tertiary/aromatic N) is 3. The van der Waals surface area contributed by atoms with Crippen molar-refractivity contribution in [2.45, 2.75) is 69.8 Å². The number of urea groups is 1. The first kappa shape index (κ1) is 33.5. The van der Waals surface area contributed by atoms with Gasteiger partial charge in [-0.15, -0.1) is 0 Å². The first-order valence-corrected chi connectivity index (χ1v) is 16.4. The molecule has 2 fully saturated rings. The second kappa shape index (κ2) is 15.2. The standard InChI is InChI=1S/C37H45F3N4O2/c1-3-19-44(36(46)41-25-27-11-6-4-7-12-27)32-17-20-43(21-18-32)26-30-23-33(24-34(30)28-13-8-5-9-14-28)42(2)35(45)29-15-10-16-31(22-29)37(38,39)40/h4-16,22,30,32-34H,3,17-21,23-26H2,1-2H3,(H,41,46). The van der Waals surface area contributed by atoms with E-state index in [1.165, 1.54) is 17.7 Å². The molecule has 3 unspecified atom stereocenters. The molecule has 2 aliphatic rings. The van der Waals surface area contributed by atoms with Gasteiger partial charge in [-0.05, 0) is 73.3 Å².